The third kappa shape index (κ3) is 1.38. The van der Waals surface area contributed by atoms with Crippen molar-refractivity contribution >= 4 is 21.7 Å². The Morgan fingerprint density at radius 1 is 0.714 bits per heavy atom. The van der Waals surface area contributed by atoms with Crippen molar-refractivity contribution in [1.29, 1.82) is 0 Å². The summed E-state index contributed by atoms with van der Waals surface area (Å²) in [7, 11) is 0. The first-order valence-electron chi connectivity index (χ1n) is 7.30. The summed E-state index contributed by atoms with van der Waals surface area (Å²) < 4.78 is 0. The predicted octanol–water partition coefficient (Wildman–Crippen LogP) is 4.96. The minimum absolute atomic E-state index is 0.990. The topological polar surface area (TPSA) is 12.9 Å². The van der Waals surface area contributed by atoms with Crippen LogP contribution in [0.5, 0.6) is 0 Å². The molecule has 0 spiro atoms. The molecule has 0 saturated carbocycles. The number of hydrogen-bond acceptors (Lipinski definition) is 1. The molecule has 1 aliphatic carbocycles. The van der Waals surface area contributed by atoms with Crippen LogP contribution in [-0.4, -0.2) is 4.98 Å². The Bertz CT molecular complexity index is 1010. The van der Waals surface area contributed by atoms with Crippen LogP contribution in [0.15, 0.2) is 66.9 Å². The van der Waals surface area contributed by atoms with Crippen molar-refractivity contribution in [3.05, 3.63) is 78.0 Å². The van der Waals surface area contributed by atoms with Crippen LogP contribution in [0, 0.1) is 0 Å². The van der Waals surface area contributed by atoms with Gasteiger partial charge in [0.15, 0.2) is 0 Å². The molecule has 0 atom stereocenters. The van der Waals surface area contributed by atoms with Crippen LogP contribution in [-0.2, 0) is 6.42 Å². The standard InChI is InChI=1S/C20H13N/c1-2-7-14-13(6-1)12-18-19(14)16-9-4-3-8-15(16)17-10-5-11-21-20(17)18/h1-11H,12H2. The van der Waals surface area contributed by atoms with E-state index in [0.29, 0.717) is 0 Å². The normalized spacial score (nSPS) is 12.6. The third-order valence-corrected chi connectivity index (χ3v) is 4.54. The molecule has 5 rings (SSSR count). The van der Waals surface area contributed by atoms with E-state index >= 15 is 0 Å². The second-order valence-corrected chi connectivity index (χ2v) is 5.63. The minimum atomic E-state index is 0.990. The smallest absolute Gasteiger partial charge is 0.0749 e. The monoisotopic (exact) mass is 267 g/mol. The van der Waals surface area contributed by atoms with E-state index in [9.17, 15) is 0 Å². The van der Waals surface area contributed by atoms with Gasteiger partial charge in [0, 0.05) is 18.0 Å². The minimum Gasteiger partial charge on any atom is -0.256 e. The zero-order valence-electron chi connectivity index (χ0n) is 11.5. The number of fused-ring (bicyclic) bond motifs is 8. The molecule has 0 saturated heterocycles. The molecule has 0 unspecified atom stereocenters. The highest BCUT2D eigenvalue weighted by atomic mass is 14.7. The molecule has 1 heterocycles. The summed E-state index contributed by atoms with van der Waals surface area (Å²) in [5.74, 6) is 0. The Morgan fingerprint density at radius 2 is 1.48 bits per heavy atom. The first-order valence-corrected chi connectivity index (χ1v) is 7.30. The van der Waals surface area contributed by atoms with Gasteiger partial charge in [-0.2, -0.15) is 0 Å². The van der Waals surface area contributed by atoms with E-state index in [4.69, 9.17) is 0 Å². The van der Waals surface area contributed by atoms with Crippen LogP contribution < -0.4 is 0 Å². The Balaban J connectivity index is 2.08. The average Bonchev–Trinajstić information content (AvgIpc) is 2.95. The molecule has 0 radical (unpaired) electrons. The van der Waals surface area contributed by atoms with Crippen molar-refractivity contribution < 1.29 is 0 Å². The van der Waals surface area contributed by atoms with Gasteiger partial charge in [0.1, 0.15) is 0 Å². The molecular formula is C20H13N. The lowest BCUT2D eigenvalue weighted by Gasteiger charge is -2.11. The van der Waals surface area contributed by atoms with Gasteiger partial charge in [-0.05, 0) is 39.1 Å². The molecule has 1 nitrogen and oxygen atoms in total. The maximum atomic E-state index is 4.69. The van der Waals surface area contributed by atoms with Crippen molar-refractivity contribution in [2.45, 2.75) is 6.42 Å². The molecule has 3 aromatic carbocycles. The molecule has 1 heteroatoms. The van der Waals surface area contributed by atoms with Crippen molar-refractivity contribution in [2.75, 3.05) is 0 Å². The lowest BCUT2D eigenvalue weighted by molar-refractivity contribution is 1.26. The molecule has 1 aliphatic rings. The van der Waals surface area contributed by atoms with Crippen molar-refractivity contribution in [2.24, 2.45) is 0 Å². The van der Waals surface area contributed by atoms with E-state index in [1.54, 1.807) is 0 Å². The van der Waals surface area contributed by atoms with Gasteiger partial charge in [0.05, 0.1) is 5.52 Å². The first kappa shape index (κ1) is 11.0. The fraction of sp³-hybridized carbons (Fsp3) is 0.0500. The Labute approximate surface area is 122 Å². The van der Waals surface area contributed by atoms with E-state index in [1.165, 1.54) is 38.4 Å². The van der Waals surface area contributed by atoms with E-state index < -0.39 is 0 Å². The quantitative estimate of drug-likeness (QED) is 0.361. The highest BCUT2D eigenvalue weighted by molar-refractivity contribution is 6.16. The summed E-state index contributed by atoms with van der Waals surface area (Å²) in [5, 5.41) is 3.91. The number of nitrogens with zero attached hydrogens (tertiary/aromatic N) is 1. The molecule has 4 aromatic rings. The zero-order chi connectivity index (χ0) is 13.8. The molecule has 0 aliphatic heterocycles. The Hall–Kier alpha value is -2.67. The molecule has 98 valence electrons. The summed E-state index contributed by atoms with van der Waals surface area (Å²) in [6.07, 6.45) is 2.89. The van der Waals surface area contributed by atoms with Gasteiger partial charge in [-0.15, -0.1) is 0 Å². The molecular weight excluding hydrogens is 254 g/mol. The molecule has 0 fully saturated rings. The highest BCUT2D eigenvalue weighted by Gasteiger charge is 2.23. The largest absolute Gasteiger partial charge is 0.256 e. The number of rotatable bonds is 0. The fourth-order valence-corrected chi connectivity index (χ4v) is 3.67. The molecule has 0 bridgehead atoms. The number of hydrogen-bond donors (Lipinski definition) is 0. The molecule has 1 aromatic heterocycles. The van der Waals surface area contributed by atoms with E-state index in [-0.39, 0.29) is 0 Å². The van der Waals surface area contributed by atoms with Crippen LogP contribution in [0.3, 0.4) is 0 Å². The SMILES string of the molecule is c1ccc2c(c1)Cc1c-2c2ccccc2c2cccnc12. The van der Waals surface area contributed by atoms with Gasteiger partial charge in [-0.25, -0.2) is 0 Å². The second-order valence-electron chi connectivity index (χ2n) is 5.63. The summed E-state index contributed by atoms with van der Waals surface area (Å²) in [6, 6.07) is 21.6. The van der Waals surface area contributed by atoms with Gasteiger partial charge in [0.2, 0.25) is 0 Å². The average molecular weight is 267 g/mol. The van der Waals surface area contributed by atoms with E-state index in [0.717, 1.165) is 11.9 Å². The maximum absolute atomic E-state index is 4.69. The van der Waals surface area contributed by atoms with Crippen LogP contribution in [0.25, 0.3) is 32.8 Å². The van der Waals surface area contributed by atoms with Crippen molar-refractivity contribution in [3.63, 3.8) is 0 Å². The summed E-state index contributed by atoms with van der Waals surface area (Å²) in [4.78, 5) is 4.69. The molecule has 21 heavy (non-hydrogen) atoms. The first-order chi connectivity index (χ1) is 10.4. The third-order valence-electron chi connectivity index (χ3n) is 4.54. The lowest BCUT2D eigenvalue weighted by atomic mass is 9.94. The van der Waals surface area contributed by atoms with E-state index in [1.807, 2.05) is 12.3 Å². The highest BCUT2D eigenvalue weighted by Crippen LogP contribution is 2.44. The zero-order valence-corrected chi connectivity index (χ0v) is 11.5. The summed E-state index contributed by atoms with van der Waals surface area (Å²) >= 11 is 0. The lowest BCUT2D eigenvalue weighted by Crippen LogP contribution is -1.90. The second kappa shape index (κ2) is 3.92. The van der Waals surface area contributed by atoms with E-state index in [2.05, 4.69) is 59.6 Å². The van der Waals surface area contributed by atoms with Gasteiger partial charge < -0.3 is 0 Å². The van der Waals surface area contributed by atoms with Crippen molar-refractivity contribution in [3.8, 4) is 11.1 Å². The van der Waals surface area contributed by atoms with Crippen LogP contribution in [0.4, 0.5) is 0 Å². The van der Waals surface area contributed by atoms with Gasteiger partial charge >= 0.3 is 0 Å². The Kier molecular flexibility index (Phi) is 2.06. The van der Waals surface area contributed by atoms with Gasteiger partial charge in [0.25, 0.3) is 0 Å². The maximum Gasteiger partial charge on any atom is 0.0749 e. The summed E-state index contributed by atoms with van der Waals surface area (Å²) in [5.41, 5.74) is 6.70. The molecule has 0 N–H and O–H groups in total. The van der Waals surface area contributed by atoms with Crippen LogP contribution in [0.1, 0.15) is 11.1 Å². The summed E-state index contributed by atoms with van der Waals surface area (Å²) in [6.45, 7) is 0. The number of benzene rings is 3. The van der Waals surface area contributed by atoms with Crippen LogP contribution >= 0.6 is 0 Å². The Morgan fingerprint density at radius 3 is 2.43 bits per heavy atom. The predicted molar refractivity (Wildman–Crippen MR) is 87.5 cm³/mol. The van der Waals surface area contributed by atoms with Gasteiger partial charge in [-0.1, -0.05) is 54.6 Å². The van der Waals surface area contributed by atoms with Gasteiger partial charge in [-0.3, -0.25) is 4.98 Å². The number of pyridine rings is 1. The fourth-order valence-electron chi connectivity index (χ4n) is 3.67. The van der Waals surface area contributed by atoms with Crippen molar-refractivity contribution in [1.82, 2.24) is 4.98 Å². The number of aromatic nitrogens is 1. The molecule has 0 amide bonds. The van der Waals surface area contributed by atoms with Crippen LogP contribution in [0.2, 0.25) is 0 Å².